The Kier molecular flexibility index (Phi) is 7.89. The first kappa shape index (κ1) is 23.8. The second-order valence-electron chi connectivity index (χ2n) is 8.68. The van der Waals surface area contributed by atoms with Crippen molar-refractivity contribution in [2.24, 2.45) is 0 Å². The molecule has 0 spiro atoms. The molecule has 1 saturated heterocycles. The van der Waals surface area contributed by atoms with Gasteiger partial charge in [0.2, 0.25) is 0 Å². The number of anilines is 1. The van der Waals surface area contributed by atoms with E-state index in [-0.39, 0.29) is 5.91 Å². The van der Waals surface area contributed by atoms with Crippen molar-refractivity contribution < 1.29 is 9.90 Å². The zero-order chi connectivity index (χ0) is 23.1. The normalized spacial score (nSPS) is 16.3. The number of aliphatic hydroxyl groups is 1. The molecular weight excluding hydrogens is 400 g/mol. The highest BCUT2D eigenvalue weighted by Gasteiger charge is 2.29. The molecule has 2 aromatic rings. The zero-order valence-corrected chi connectivity index (χ0v) is 19.4. The number of hydrogen-bond donors (Lipinski definition) is 2. The lowest BCUT2D eigenvalue weighted by Crippen LogP contribution is -2.50. The third-order valence-electron chi connectivity index (χ3n) is 6.14. The van der Waals surface area contributed by atoms with Crippen LogP contribution in [0.1, 0.15) is 54.2 Å². The summed E-state index contributed by atoms with van der Waals surface area (Å²) in [5.74, 6) is -0.0802. The van der Waals surface area contributed by atoms with Crippen molar-refractivity contribution in [3.63, 3.8) is 0 Å². The maximum Gasteiger partial charge on any atom is 0.251 e. The number of nitriles is 1. The van der Waals surface area contributed by atoms with Crippen LogP contribution in [0.5, 0.6) is 0 Å². The standard InChI is InChI=1S/C26H34N4O2/c1-4-12-28-25(31)22-7-9-23(10-8-22)26(3,32)19-29-13-15-30(16-14-29)24-11-6-20(18-27)17-21(24)5-2/h6-11,17,32H,4-5,12-16,19H2,1-3H3,(H,28,31)/t26-/m1/s1. The van der Waals surface area contributed by atoms with Crippen LogP contribution in [0.2, 0.25) is 0 Å². The monoisotopic (exact) mass is 434 g/mol. The molecule has 170 valence electrons. The summed E-state index contributed by atoms with van der Waals surface area (Å²) >= 11 is 0. The van der Waals surface area contributed by atoms with E-state index in [1.165, 1.54) is 11.3 Å². The first-order valence-electron chi connectivity index (χ1n) is 11.5. The number of aryl methyl sites for hydroxylation is 1. The van der Waals surface area contributed by atoms with Crippen molar-refractivity contribution in [1.29, 1.82) is 5.26 Å². The third kappa shape index (κ3) is 5.67. The van der Waals surface area contributed by atoms with Crippen LogP contribution in [0.15, 0.2) is 42.5 Å². The van der Waals surface area contributed by atoms with Crippen molar-refractivity contribution in [2.45, 2.75) is 39.2 Å². The Morgan fingerprint density at radius 1 is 1.12 bits per heavy atom. The summed E-state index contributed by atoms with van der Waals surface area (Å²) in [4.78, 5) is 16.8. The maximum atomic E-state index is 12.1. The van der Waals surface area contributed by atoms with E-state index in [9.17, 15) is 9.90 Å². The minimum Gasteiger partial charge on any atom is -0.384 e. The molecule has 1 aliphatic rings. The lowest BCUT2D eigenvalue weighted by Gasteiger charge is -2.40. The Bertz CT molecular complexity index is 955. The summed E-state index contributed by atoms with van der Waals surface area (Å²) in [7, 11) is 0. The Hall–Kier alpha value is -2.88. The molecule has 1 amide bonds. The summed E-state index contributed by atoms with van der Waals surface area (Å²) in [6, 6.07) is 15.4. The molecule has 0 aliphatic carbocycles. The molecular formula is C26H34N4O2. The molecule has 0 bridgehead atoms. The molecule has 1 fully saturated rings. The zero-order valence-electron chi connectivity index (χ0n) is 19.4. The first-order valence-corrected chi connectivity index (χ1v) is 11.5. The number of amides is 1. The largest absolute Gasteiger partial charge is 0.384 e. The van der Waals surface area contributed by atoms with Crippen molar-refractivity contribution in [2.75, 3.05) is 44.2 Å². The second kappa shape index (κ2) is 10.6. The molecule has 2 N–H and O–H groups in total. The lowest BCUT2D eigenvalue weighted by atomic mass is 9.94. The van der Waals surface area contributed by atoms with Gasteiger partial charge in [-0.2, -0.15) is 5.26 Å². The highest BCUT2D eigenvalue weighted by atomic mass is 16.3. The van der Waals surface area contributed by atoms with Crippen LogP contribution >= 0.6 is 0 Å². The fourth-order valence-electron chi connectivity index (χ4n) is 4.24. The molecule has 6 nitrogen and oxygen atoms in total. The predicted molar refractivity (Wildman–Crippen MR) is 128 cm³/mol. The Labute approximate surface area is 191 Å². The molecule has 1 aliphatic heterocycles. The second-order valence-corrected chi connectivity index (χ2v) is 8.68. The summed E-state index contributed by atoms with van der Waals surface area (Å²) < 4.78 is 0. The van der Waals surface area contributed by atoms with Gasteiger partial charge in [0.1, 0.15) is 0 Å². The highest BCUT2D eigenvalue weighted by molar-refractivity contribution is 5.94. The van der Waals surface area contributed by atoms with E-state index in [0.29, 0.717) is 24.2 Å². The van der Waals surface area contributed by atoms with E-state index >= 15 is 0 Å². The van der Waals surface area contributed by atoms with Gasteiger partial charge < -0.3 is 15.3 Å². The molecule has 0 unspecified atom stereocenters. The number of hydrogen-bond acceptors (Lipinski definition) is 5. The van der Waals surface area contributed by atoms with Crippen molar-refractivity contribution in [1.82, 2.24) is 10.2 Å². The van der Waals surface area contributed by atoms with Crippen LogP contribution in [0.4, 0.5) is 5.69 Å². The van der Waals surface area contributed by atoms with Gasteiger partial charge >= 0.3 is 0 Å². The van der Waals surface area contributed by atoms with Gasteiger partial charge in [-0.1, -0.05) is 26.0 Å². The molecule has 2 aromatic carbocycles. The summed E-state index contributed by atoms with van der Waals surface area (Å²) in [6.45, 7) is 10.6. The molecule has 32 heavy (non-hydrogen) atoms. The number of nitrogens with zero attached hydrogens (tertiary/aromatic N) is 3. The first-order chi connectivity index (χ1) is 15.4. The van der Waals surface area contributed by atoms with Gasteiger partial charge in [0.05, 0.1) is 17.2 Å². The van der Waals surface area contributed by atoms with Crippen LogP contribution in [0.25, 0.3) is 0 Å². The van der Waals surface area contributed by atoms with Crippen LogP contribution in [0, 0.1) is 11.3 Å². The number of carbonyl (C=O) groups excluding carboxylic acids is 1. The Morgan fingerprint density at radius 2 is 1.81 bits per heavy atom. The average Bonchev–Trinajstić information content (AvgIpc) is 2.82. The Morgan fingerprint density at radius 3 is 2.41 bits per heavy atom. The predicted octanol–water partition coefficient (Wildman–Crippen LogP) is 3.29. The molecule has 1 atom stereocenters. The van der Waals surface area contributed by atoms with E-state index in [2.05, 4.69) is 34.2 Å². The van der Waals surface area contributed by atoms with Crippen LogP contribution in [0.3, 0.4) is 0 Å². The summed E-state index contributed by atoms with van der Waals surface area (Å²) in [6.07, 6.45) is 1.79. The van der Waals surface area contributed by atoms with Crippen molar-refractivity contribution in [3.8, 4) is 6.07 Å². The van der Waals surface area contributed by atoms with Gasteiger partial charge in [-0.25, -0.2) is 0 Å². The van der Waals surface area contributed by atoms with E-state index in [0.717, 1.165) is 44.6 Å². The number of nitrogens with one attached hydrogen (secondary N) is 1. The molecule has 0 radical (unpaired) electrons. The van der Waals surface area contributed by atoms with Crippen LogP contribution in [-0.4, -0.2) is 55.2 Å². The number of β-amino-alcohol motifs (C(OH)–C–C–N with tert-alkyl or cyclic N) is 1. The topological polar surface area (TPSA) is 79.6 Å². The van der Waals surface area contributed by atoms with Gasteiger partial charge in [0, 0.05) is 50.5 Å². The van der Waals surface area contributed by atoms with Crippen LogP contribution in [-0.2, 0) is 12.0 Å². The number of rotatable bonds is 8. The molecule has 0 saturated carbocycles. The number of piperazine rings is 1. The Balaban J connectivity index is 1.59. The quantitative estimate of drug-likeness (QED) is 0.667. The fraction of sp³-hybridized carbons (Fsp3) is 0.462. The minimum absolute atomic E-state index is 0.0802. The minimum atomic E-state index is -0.996. The fourth-order valence-corrected chi connectivity index (χ4v) is 4.24. The lowest BCUT2D eigenvalue weighted by molar-refractivity contribution is 0.0143. The van der Waals surface area contributed by atoms with Crippen molar-refractivity contribution >= 4 is 11.6 Å². The van der Waals surface area contributed by atoms with Gasteiger partial charge in [-0.3, -0.25) is 9.69 Å². The third-order valence-corrected chi connectivity index (χ3v) is 6.14. The van der Waals surface area contributed by atoms with Gasteiger partial charge in [0.15, 0.2) is 0 Å². The SMILES string of the molecule is CCCNC(=O)c1ccc([C@](C)(O)CN2CCN(c3ccc(C#N)cc3CC)CC2)cc1. The van der Waals surface area contributed by atoms with E-state index in [4.69, 9.17) is 5.26 Å². The van der Waals surface area contributed by atoms with Gasteiger partial charge in [-0.05, 0) is 61.2 Å². The van der Waals surface area contributed by atoms with Gasteiger partial charge in [-0.15, -0.1) is 0 Å². The maximum absolute atomic E-state index is 12.1. The average molecular weight is 435 g/mol. The summed E-state index contributed by atoms with van der Waals surface area (Å²) in [5, 5.41) is 23.2. The van der Waals surface area contributed by atoms with Crippen molar-refractivity contribution in [3.05, 3.63) is 64.7 Å². The van der Waals surface area contributed by atoms with Gasteiger partial charge in [0.25, 0.3) is 5.91 Å². The molecule has 3 rings (SSSR count). The van der Waals surface area contributed by atoms with E-state index < -0.39 is 5.60 Å². The van der Waals surface area contributed by atoms with E-state index in [1.54, 1.807) is 12.1 Å². The van der Waals surface area contributed by atoms with E-state index in [1.807, 2.05) is 38.1 Å². The molecule has 6 heteroatoms. The smallest absolute Gasteiger partial charge is 0.251 e. The van der Waals surface area contributed by atoms with Crippen LogP contribution < -0.4 is 10.2 Å². The number of benzene rings is 2. The number of carbonyl (C=O) groups is 1. The molecule has 0 aromatic heterocycles. The highest BCUT2D eigenvalue weighted by Crippen LogP contribution is 2.26. The molecule has 1 heterocycles. The summed E-state index contributed by atoms with van der Waals surface area (Å²) in [5.41, 5.74) is 3.54.